The molecule has 0 fully saturated rings. The van der Waals surface area contributed by atoms with Crippen molar-refractivity contribution in [3.05, 3.63) is 48.0 Å². The lowest BCUT2D eigenvalue weighted by atomic mass is 9.88. The molecule has 0 amide bonds. The maximum atomic E-state index is 10.1. The lowest BCUT2D eigenvalue weighted by molar-refractivity contribution is 0.0862. The monoisotopic (exact) mass is 177 g/mol. The Hall–Kier alpha value is -1.12. The van der Waals surface area contributed by atoms with Gasteiger partial charge in [0.25, 0.3) is 0 Å². The van der Waals surface area contributed by atoms with E-state index < -0.39 is 5.60 Å². The summed E-state index contributed by atoms with van der Waals surface area (Å²) in [5.74, 6) is 0. The standard InChI is InChI=1S/C11H15NO/c1-9(2)11(13,8-12)10-6-4-3-5-7-10/h3-7,13H,1,8,12H2,2H3. The van der Waals surface area contributed by atoms with Gasteiger partial charge in [0.2, 0.25) is 0 Å². The lowest BCUT2D eigenvalue weighted by Gasteiger charge is -2.27. The molecule has 0 radical (unpaired) electrons. The van der Waals surface area contributed by atoms with Crippen LogP contribution in [0.15, 0.2) is 42.5 Å². The second-order valence-electron chi connectivity index (χ2n) is 3.21. The number of hydrogen-bond acceptors (Lipinski definition) is 2. The van der Waals surface area contributed by atoms with E-state index >= 15 is 0 Å². The van der Waals surface area contributed by atoms with Gasteiger partial charge in [0.15, 0.2) is 0 Å². The highest BCUT2D eigenvalue weighted by Crippen LogP contribution is 2.26. The van der Waals surface area contributed by atoms with E-state index in [1.54, 1.807) is 6.92 Å². The van der Waals surface area contributed by atoms with Crippen LogP contribution in [0.1, 0.15) is 12.5 Å². The SMILES string of the molecule is C=C(C)C(O)(CN)c1ccccc1. The summed E-state index contributed by atoms with van der Waals surface area (Å²) in [6.07, 6.45) is 0. The minimum Gasteiger partial charge on any atom is -0.379 e. The summed E-state index contributed by atoms with van der Waals surface area (Å²) in [7, 11) is 0. The third-order valence-corrected chi connectivity index (χ3v) is 2.25. The third kappa shape index (κ3) is 1.79. The van der Waals surface area contributed by atoms with Crippen molar-refractivity contribution in [2.24, 2.45) is 5.73 Å². The summed E-state index contributed by atoms with van der Waals surface area (Å²) >= 11 is 0. The molecule has 0 aliphatic carbocycles. The van der Waals surface area contributed by atoms with Gasteiger partial charge in [-0.1, -0.05) is 36.9 Å². The average molecular weight is 177 g/mol. The summed E-state index contributed by atoms with van der Waals surface area (Å²) in [4.78, 5) is 0. The zero-order valence-electron chi connectivity index (χ0n) is 7.83. The van der Waals surface area contributed by atoms with Crippen LogP contribution in [-0.4, -0.2) is 11.7 Å². The molecule has 0 saturated carbocycles. The highest BCUT2D eigenvalue weighted by atomic mass is 16.3. The summed E-state index contributed by atoms with van der Waals surface area (Å²) in [5, 5.41) is 10.1. The molecule has 1 aromatic rings. The van der Waals surface area contributed by atoms with Crippen molar-refractivity contribution in [2.75, 3.05) is 6.54 Å². The minimum absolute atomic E-state index is 0.159. The molecule has 2 heteroatoms. The van der Waals surface area contributed by atoms with Crippen LogP contribution in [0.25, 0.3) is 0 Å². The van der Waals surface area contributed by atoms with Gasteiger partial charge in [0.1, 0.15) is 5.60 Å². The first-order valence-electron chi connectivity index (χ1n) is 4.25. The molecule has 1 aromatic carbocycles. The van der Waals surface area contributed by atoms with E-state index in [1.807, 2.05) is 30.3 Å². The summed E-state index contributed by atoms with van der Waals surface area (Å²) in [6.45, 7) is 5.68. The van der Waals surface area contributed by atoms with Gasteiger partial charge in [-0.3, -0.25) is 0 Å². The van der Waals surface area contributed by atoms with Crippen LogP contribution in [0.2, 0.25) is 0 Å². The van der Waals surface area contributed by atoms with Gasteiger partial charge in [0.05, 0.1) is 0 Å². The fraction of sp³-hybridized carbons (Fsp3) is 0.273. The maximum Gasteiger partial charge on any atom is 0.122 e. The number of nitrogens with two attached hydrogens (primary N) is 1. The fourth-order valence-corrected chi connectivity index (χ4v) is 1.25. The van der Waals surface area contributed by atoms with Crippen molar-refractivity contribution in [1.29, 1.82) is 0 Å². The lowest BCUT2D eigenvalue weighted by Crippen LogP contribution is -2.35. The predicted octanol–water partition coefficient (Wildman–Crippen LogP) is 1.41. The van der Waals surface area contributed by atoms with Crippen molar-refractivity contribution in [3.63, 3.8) is 0 Å². The molecule has 0 aromatic heterocycles. The smallest absolute Gasteiger partial charge is 0.122 e. The first kappa shape index (κ1) is 9.96. The molecule has 0 spiro atoms. The molecule has 0 heterocycles. The molecule has 0 bridgehead atoms. The van der Waals surface area contributed by atoms with Gasteiger partial charge in [0, 0.05) is 6.54 Å². The third-order valence-electron chi connectivity index (χ3n) is 2.25. The van der Waals surface area contributed by atoms with Crippen molar-refractivity contribution in [2.45, 2.75) is 12.5 Å². The Morgan fingerprint density at radius 2 is 2.00 bits per heavy atom. The highest BCUT2D eigenvalue weighted by Gasteiger charge is 2.27. The Balaban J connectivity index is 3.11. The van der Waals surface area contributed by atoms with Crippen LogP contribution in [0.4, 0.5) is 0 Å². The maximum absolute atomic E-state index is 10.1. The van der Waals surface area contributed by atoms with Gasteiger partial charge in [-0.15, -0.1) is 0 Å². The second kappa shape index (κ2) is 3.73. The van der Waals surface area contributed by atoms with Gasteiger partial charge in [-0.25, -0.2) is 0 Å². The van der Waals surface area contributed by atoms with Crippen LogP contribution in [0.5, 0.6) is 0 Å². The summed E-state index contributed by atoms with van der Waals surface area (Å²) in [6, 6.07) is 9.35. The van der Waals surface area contributed by atoms with E-state index in [0.29, 0.717) is 5.57 Å². The second-order valence-corrected chi connectivity index (χ2v) is 3.21. The molecule has 13 heavy (non-hydrogen) atoms. The van der Waals surface area contributed by atoms with E-state index in [9.17, 15) is 5.11 Å². The molecule has 70 valence electrons. The molecular formula is C11H15NO. The first-order chi connectivity index (χ1) is 6.11. The van der Waals surface area contributed by atoms with E-state index in [0.717, 1.165) is 5.56 Å². The molecule has 1 unspecified atom stereocenters. The van der Waals surface area contributed by atoms with E-state index in [-0.39, 0.29) is 6.54 Å². The largest absolute Gasteiger partial charge is 0.379 e. The number of aliphatic hydroxyl groups is 1. The molecular weight excluding hydrogens is 162 g/mol. The van der Waals surface area contributed by atoms with Crippen molar-refractivity contribution in [3.8, 4) is 0 Å². The molecule has 0 aliphatic rings. The van der Waals surface area contributed by atoms with E-state index in [4.69, 9.17) is 5.73 Å². The van der Waals surface area contributed by atoms with E-state index in [1.165, 1.54) is 0 Å². The number of rotatable bonds is 3. The first-order valence-corrected chi connectivity index (χ1v) is 4.25. The van der Waals surface area contributed by atoms with Crippen LogP contribution < -0.4 is 5.73 Å². The highest BCUT2D eigenvalue weighted by molar-refractivity contribution is 5.30. The number of benzene rings is 1. The van der Waals surface area contributed by atoms with Crippen LogP contribution in [-0.2, 0) is 5.60 Å². The van der Waals surface area contributed by atoms with Crippen LogP contribution in [0.3, 0.4) is 0 Å². The van der Waals surface area contributed by atoms with Crippen LogP contribution >= 0.6 is 0 Å². The van der Waals surface area contributed by atoms with E-state index in [2.05, 4.69) is 6.58 Å². The molecule has 1 rings (SSSR count). The molecule has 3 N–H and O–H groups in total. The van der Waals surface area contributed by atoms with Crippen molar-refractivity contribution in [1.82, 2.24) is 0 Å². The Kier molecular flexibility index (Phi) is 2.86. The zero-order chi connectivity index (χ0) is 9.90. The van der Waals surface area contributed by atoms with Gasteiger partial charge in [-0.05, 0) is 18.1 Å². The van der Waals surface area contributed by atoms with Crippen LogP contribution in [0, 0.1) is 0 Å². The Morgan fingerprint density at radius 3 is 2.38 bits per heavy atom. The number of hydrogen-bond donors (Lipinski definition) is 2. The molecule has 0 saturated heterocycles. The van der Waals surface area contributed by atoms with Gasteiger partial charge in [-0.2, -0.15) is 0 Å². The minimum atomic E-state index is -1.08. The average Bonchev–Trinajstić information content (AvgIpc) is 2.17. The fourth-order valence-electron chi connectivity index (χ4n) is 1.25. The van der Waals surface area contributed by atoms with Crippen molar-refractivity contribution >= 4 is 0 Å². The quantitative estimate of drug-likeness (QED) is 0.686. The van der Waals surface area contributed by atoms with Gasteiger partial charge < -0.3 is 10.8 Å². The molecule has 2 nitrogen and oxygen atoms in total. The molecule has 0 aliphatic heterocycles. The predicted molar refractivity (Wildman–Crippen MR) is 54.2 cm³/mol. The Bertz CT molecular complexity index is 294. The van der Waals surface area contributed by atoms with Crippen molar-refractivity contribution < 1.29 is 5.11 Å². The van der Waals surface area contributed by atoms with Gasteiger partial charge >= 0.3 is 0 Å². The normalized spacial score (nSPS) is 15.0. The Morgan fingerprint density at radius 1 is 1.46 bits per heavy atom. The summed E-state index contributed by atoms with van der Waals surface area (Å²) < 4.78 is 0. The topological polar surface area (TPSA) is 46.2 Å². The zero-order valence-corrected chi connectivity index (χ0v) is 7.83. The Labute approximate surface area is 78.7 Å². The molecule has 1 atom stereocenters. The summed E-state index contributed by atoms with van der Waals surface area (Å²) in [5.41, 5.74) is 5.91.